The second-order valence-electron chi connectivity index (χ2n) is 7.72. The molecule has 0 bridgehead atoms. The molecule has 31 heavy (non-hydrogen) atoms. The summed E-state index contributed by atoms with van der Waals surface area (Å²) in [5.41, 5.74) is 0.952. The van der Waals surface area contributed by atoms with Crippen molar-refractivity contribution >= 4 is 15.9 Å². The molecule has 1 aliphatic rings. The molecule has 1 aliphatic heterocycles. The Labute approximate surface area is 182 Å². The van der Waals surface area contributed by atoms with Crippen LogP contribution < -0.4 is 10.1 Å². The van der Waals surface area contributed by atoms with Gasteiger partial charge in [0, 0.05) is 25.2 Å². The van der Waals surface area contributed by atoms with Crippen LogP contribution in [0.3, 0.4) is 0 Å². The van der Waals surface area contributed by atoms with E-state index in [1.54, 1.807) is 12.1 Å². The lowest BCUT2D eigenvalue weighted by atomic mass is 10.1. The summed E-state index contributed by atoms with van der Waals surface area (Å²) in [5, 5.41) is 2.83. The van der Waals surface area contributed by atoms with E-state index >= 15 is 0 Å². The Kier molecular flexibility index (Phi) is 7.30. The topological polar surface area (TPSA) is 79.0 Å². The second kappa shape index (κ2) is 9.76. The fourth-order valence-electron chi connectivity index (χ4n) is 3.69. The minimum Gasteiger partial charge on any atom is -0.495 e. The van der Waals surface area contributed by atoms with Crippen LogP contribution in [0.25, 0.3) is 0 Å². The van der Waals surface area contributed by atoms with E-state index in [4.69, 9.17) is 4.74 Å². The van der Waals surface area contributed by atoms with E-state index in [0.29, 0.717) is 13.1 Å². The van der Waals surface area contributed by atoms with E-state index in [1.807, 2.05) is 19.0 Å². The van der Waals surface area contributed by atoms with Gasteiger partial charge < -0.3 is 15.0 Å². The van der Waals surface area contributed by atoms with Crippen LogP contribution in [0.1, 0.15) is 34.8 Å². The summed E-state index contributed by atoms with van der Waals surface area (Å²) in [5.74, 6) is -0.555. The number of likely N-dealkylation sites (N-methyl/N-ethyl adjacent to an activating group) is 1. The van der Waals surface area contributed by atoms with Gasteiger partial charge in [0.25, 0.3) is 5.91 Å². The van der Waals surface area contributed by atoms with Crippen molar-refractivity contribution in [2.45, 2.75) is 23.8 Å². The third kappa shape index (κ3) is 5.23. The highest BCUT2D eigenvalue weighted by molar-refractivity contribution is 7.89. The van der Waals surface area contributed by atoms with Crippen molar-refractivity contribution in [3.63, 3.8) is 0 Å². The average molecular weight is 450 g/mol. The third-order valence-corrected chi connectivity index (χ3v) is 7.34. The molecule has 2 aromatic carbocycles. The van der Waals surface area contributed by atoms with Gasteiger partial charge in [0.1, 0.15) is 16.5 Å². The lowest BCUT2D eigenvalue weighted by molar-refractivity contribution is 0.0941. The van der Waals surface area contributed by atoms with Gasteiger partial charge in [-0.15, -0.1) is 0 Å². The Hall–Kier alpha value is -2.49. The van der Waals surface area contributed by atoms with Crippen molar-refractivity contribution in [1.82, 2.24) is 14.5 Å². The number of amides is 1. The Bertz CT molecular complexity index is 1040. The molecule has 1 saturated heterocycles. The van der Waals surface area contributed by atoms with Crippen LogP contribution in [-0.4, -0.2) is 64.4 Å². The van der Waals surface area contributed by atoms with Crippen LogP contribution >= 0.6 is 0 Å². The number of methoxy groups -OCH3 is 1. The Balaban J connectivity index is 1.81. The quantitative estimate of drug-likeness (QED) is 0.670. The fourth-order valence-corrected chi connectivity index (χ4v) is 5.39. The van der Waals surface area contributed by atoms with E-state index in [-0.39, 0.29) is 34.6 Å². The average Bonchev–Trinajstić information content (AvgIpc) is 3.29. The molecule has 7 nitrogen and oxygen atoms in total. The highest BCUT2D eigenvalue weighted by Gasteiger charge is 2.30. The lowest BCUT2D eigenvalue weighted by Crippen LogP contribution is -2.34. The summed E-state index contributed by atoms with van der Waals surface area (Å²) >= 11 is 0. The molecule has 0 radical (unpaired) electrons. The van der Waals surface area contributed by atoms with Gasteiger partial charge in [-0.2, -0.15) is 4.31 Å². The maximum atomic E-state index is 13.6. The summed E-state index contributed by atoms with van der Waals surface area (Å²) in [7, 11) is 1.34. The predicted molar refractivity (Wildman–Crippen MR) is 116 cm³/mol. The van der Waals surface area contributed by atoms with Crippen molar-refractivity contribution in [2.24, 2.45) is 0 Å². The summed E-state index contributed by atoms with van der Waals surface area (Å²) in [6.45, 7) is 1.15. The van der Waals surface area contributed by atoms with Gasteiger partial charge in [0.05, 0.1) is 13.2 Å². The van der Waals surface area contributed by atoms with Gasteiger partial charge in [-0.05, 0) is 62.8 Å². The van der Waals surface area contributed by atoms with Crippen LogP contribution in [0.2, 0.25) is 0 Å². The molecular formula is C22H28FN3O4S. The zero-order chi connectivity index (χ0) is 22.6. The zero-order valence-electron chi connectivity index (χ0n) is 18.0. The number of carbonyl (C=O) groups excluding carboxylic acids is 1. The van der Waals surface area contributed by atoms with Crippen molar-refractivity contribution < 1.29 is 22.3 Å². The van der Waals surface area contributed by atoms with Crippen molar-refractivity contribution in [3.8, 4) is 5.75 Å². The SMILES string of the molecule is COc1ccc(C(=O)NC[C@H](c2cccc(F)c2)N(C)C)cc1S(=O)(=O)N1CCCC1. The van der Waals surface area contributed by atoms with E-state index in [0.717, 1.165) is 18.4 Å². The van der Waals surface area contributed by atoms with Crippen LogP contribution in [-0.2, 0) is 10.0 Å². The van der Waals surface area contributed by atoms with Gasteiger partial charge in [0.2, 0.25) is 10.0 Å². The molecule has 1 N–H and O–H groups in total. The summed E-state index contributed by atoms with van der Waals surface area (Å²) in [6, 6.07) is 10.4. The normalized spacial score (nSPS) is 15.8. The second-order valence-corrected chi connectivity index (χ2v) is 9.63. The Morgan fingerprint density at radius 3 is 2.52 bits per heavy atom. The van der Waals surface area contributed by atoms with Crippen molar-refractivity contribution in [1.29, 1.82) is 0 Å². The molecule has 1 heterocycles. The number of benzene rings is 2. The summed E-state index contributed by atoms with van der Waals surface area (Å²) in [4.78, 5) is 14.7. The molecular weight excluding hydrogens is 421 g/mol. The number of sulfonamides is 1. The van der Waals surface area contributed by atoms with Gasteiger partial charge in [-0.25, -0.2) is 12.8 Å². The summed E-state index contributed by atoms with van der Waals surface area (Å²) in [6.07, 6.45) is 1.63. The van der Waals surface area contributed by atoms with E-state index in [9.17, 15) is 17.6 Å². The standard InChI is InChI=1S/C22H28FN3O4S/c1-25(2)19(16-7-6-8-18(23)13-16)15-24-22(27)17-9-10-20(30-3)21(14-17)31(28,29)26-11-4-5-12-26/h6-10,13-14,19H,4-5,11-12,15H2,1-3H3,(H,24,27)/t19-/m1/s1. The fraction of sp³-hybridized carbons (Fsp3) is 0.409. The first-order valence-corrected chi connectivity index (χ1v) is 11.6. The van der Waals surface area contributed by atoms with Crippen LogP contribution in [0.15, 0.2) is 47.4 Å². The van der Waals surface area contributed by atoms with Crippen molar-refractivity contribution in [2.75, 3.05) is 40.8 Å². The molecule has 3 rings (SSSR count). The number of halogens is 1. The maximum absolute atomic E-state index is 13.6. The number of ether oxygens (including phenoxy) is 1. The Morgan fingerprint density at radius 2 is 1.90 bits per heavy atom. The van der Waals surface area contributed by atoms with Crippen LogP contribution in [0.5, 0.6) is 5.75 Å². The first-order chi connectivity index (χ1) is 14.7. The molecule has 0 aromatic heterocycles. The molecule has 0 spiro atoms. The van der Waals surface area contributed by atoms with Crippen LogP contribution in [0.4, 0.5) is 4.39 Å². The highest BCUT2D eigenvalue weighted by atomic mass is 32.2. The van der Waals surface area contributed by atoms with Gasteiger partial charge in [-0.1, -0.05) is 12.1 Å². The third-order valence-electron chi connectivity index (χ3n) is 5.42. The monoisotopic (exact) mass is 449 g/mol. The van der Waals surface area contributed by atoms with Gasteiger partial charge >= 0.3 is 0 Å². The number of hydrogen-bond donors (Lipinski definition) is 1. The molecule has 168 valence electrons. The van der Waals surface area contributed by atoms with E-state index in [2.05, 4.69) is 5.32 Å². The van der Waals surface area contributed by atoms with Crippen molar-refractivity contribution in [3.05, 3.63) is 59.4 Å². The highest BCUT2D eigenvalue weighted by Crippen LogP contribution is 2.30. The van der Waals surface area contributed by atoms with Gasteiger partial charge in [-0.3, -0.25) is 4.79 Å². The largest absolute Gasteiger partial charge is 0.495 e. The van der Waals surface area contributed by atoms with Crippen LogP contribution in [0, 0.1) is 5.82 Å². The first-order valence-electron chi connectivity index (χ1n) is 10.1. The van der Waals surface area contributed by atoms with E-state index < -0.39 is 15.9 Å². The lowest BCUT2D eigenvalue weighted by Gasteiger charge is -2.25. The summed E-state index contributed by atoms with van der Waals surface area (Å²) < 4.78 is 46.4. The molecule has 1 amide bonds. The zero-order valence-corrected chi connectivity index (χ0v) is 18.8. The molecule has 0 saturated carbocycles. The molecule has 0 aliphatic carbocycles. The predicted octanol–water partition coefficient (Wildman–Crippen LogP) is 2.65. The maximum Gasteiger partial charge on any atom is 0.251 e. The molecule has 0 unspecified atom stereocenters. The molecule has 1 atom stereocenters. The molecule has 2 aromatic rings. The Morgan fingerprint density at radius 1 is 1.19 bits per heavy atom. The van der Waals surface area contributed by atoms with Gasteiger partial charge in [0.15, 0.2) is 0 Å². The first kappa shape index (κ1) is 23.2. The molecule has 1 fully saturated rings. The van der Waals surface area contributed by atoms with E-state index in [1.165, 1.54) is 41.7 Å². The smallest absolute Gasteiger partial charge is 0.251 e. The molecule has 9 heteroatoms. The number of rotatable bonds is 8. The minimum atomic E-state index is -3.75. The number of nitrogens with one attached hydrogen (secondary N) is 1. The number of nitrogens with zero attached hydrogens (tertiary/aromatic N) is 2. The minimum absolute atomic E-state index is 0.0150. The number of carbonyl (C=O) groups is 1. The number of hydrogen-bond acceptors (Lipinski definition) is 5.